The van der Waals surface area contributed by atoms with Crippen LogP contribution in [-0.2, 0) is 4.74 Å². The molecule has 2 fully saturated rings. The van der Waals surface area contributed by atoms with Gasteiger partial charge in [-0.1, -0.05) is 0 Å². The molecule has 1 saturated heterocycles. The summed E-state index contributed by atoms with van der Waals surface area (Å²) in [6.45, 7) is 2.31. The molecule has 0 spiro atoms. The van der Waals surface area contributed by atoms with Gasteiger partial charge in [-0.25, -0.2) is 0 Å². The summed E-state index contributed by atoms with van der Waals surface area (Å²) in [5, 5.41) is 13.2. The minimum Gasteiger partial charge on any atom is -0.381 e. The second-order valence-corrected chi connectivity index (χ2v) is 4.65. The average molecular weight is 237 g/mol. The molecule has 1 aliphatic heterocycles. The number of aromatic amines is 1. The number of tetrazole rings is 1. The summed E-state index contributed by atoms with van der Waals surface area (Å²) in [5.74, 6) is 0.496. The maximum Gasteiger partial charge on any atom is 0.295 e. The summed E-state index contributed by atoms with van der Waals surface area (Å²) >= 11 is 0. The highest BCUT2D eigenvalue weighted by Gasteiger charge is 2.36. The highest BCUT2D eigenvalue weighted by Crippen LogP contribution is 2.29. The number of amides is 1. The van der Waals surface area contributed by atoms with Crippen LogP contribution < -0.4 is 0 Å². The van der Waals surface area contributed by atoms with E-state index in [1.54, 1.807) is 0 Å². The van der Waals surface area contributed by atoms with E-state index in [0.717, 1.165) is 39.0 Å². The van der Waals surface area contributed by atoms with Crippen LogP contribution in [0.5, 0.6) is 0 Å². The van der Waals surface area contributed by atoms with Gasteiger partial charge in [0, 0.05) is 25.1 Å². The SMILES string of the molecule is O=C(c1nn[nH]n1)N(CC1CCOC1)C1CC1. The standard InChI is InChI=1S/C10H15N5O2/c16-10(9-11-13-14-12-9)15(8-1-2-8)5-7-3-4-17-6-7/h7-8H,1-6H2,(H,11,12,13,14). The first-order valence-electron chi connectivity index (χ1n) is 5.97. The molecule has 3 rings (SSSR count). The molecule has 0 aromatic carbocycles. The van der Waals surface area contributed by atoms with Crippen LogP contribution in [0.1, 0.15) is 29.9 Å². The van der Waals surface area contributed by atoms with E-state index in [-0.39, 0.29) is 11.7 Å². The van der Waals surface area contributed by atoms with Crippen molar-refractivity contribution in [1.82, 2.24) is 25.5 Å². The van der Waals surface area contributed by atoms with Crippen molar-refractivity contribution in [1.29, 1.82) is 0 Å². The summed E-state index contributed by atoms with van der Waals surface area (Å²) in [5.41, 5.74) is 0. The quantitative estimate of drug-likeness (QED) is 0.786. The van der Waals surface area contributed by atoms with Crippen LogP contribution >= 0.6 is 0 Å². The number of nitrogens with one attached hydrogen (secondary N) is 1. The van der Waals surface area contributed by atoms with Crippen molar-refractivity contribution in [3.8, 4) is 0 Å². The number of nitrogens with zero attached hydrogens (tertiary/aromatic N) is 4. The fourth-order valence-electron chi connectivity index (χ4n) is 2.17. The summed E-state index contributed by atoms with van der Waals surface area (Å²) < 4.78 is 5.34. The Morgan fingerprint density at radius 3 is 2.94 bits per heavy atom. The predicted octanol–water partition coefficient (Wildman–Crippen LogP) is -0.159. The van der Waals surface area contributed by atoms with Crippen LogP contribution in [0.25, 0.3) is 0 Å². The molecule has 1 unspecified atom stereocenters. The average Bonchev–Trinajstić information content (AvgIpc) is 2.86. The van der Waals surface area contributed by atoms with Gasteiger partial charge in [0.1, 0.15) is 0 Å². The van der Waals surface area contributed by atoms with E-state index in [2.05, 4.69) is 20.6 Å². The van der Waals surface area contributed by atoms with Crippen molar-refractivity contribution >= 4 is 5.91 Å². The molecule has 1 aliphatic carbocycles. The molecule has 0 radical (unpaired) electrons. The van der Waals surface area contributed by atoms with E-state index in [4.69, 9.17) is 4.74 Å². The van der Waals surface area contributed by atoms with Crippen LogP contribution in [0.3, 0.4) is 0 Å². The van der Waals surface area contributed by atoms with Gasteiger partial charge in [0.25, 0.3) is 11.7 Å². The Balaban J connectivity index is 1.69. The second kappa shape index (κ2) is 4.40. The monoisotopic (exact) mass is 237 g/mol. The molecule has 1 aromatic heterocycles. The first kappa shape index (κ1) is 10.6. The van der Waals surface area contributed by atoms with E-state index in [1.807, 2.05) is 4.90 Å². The molecule has 7 heteroatoms. The summed E-state index contributed by atoms with van der Waals surface area (Å²) in [6, 6.07) is 0.363. The fraction of sp³-hybridized carbons (Fsp3) is 0.800. The zero-order valence-corrected chi connectivity index (χ0v) is 9.50. The van der Waals surface area contributed by atoms with Gasteiger partial charge in [-0.15, -0.1) is 10.2 Å². The van der Waals surface area contributed by atoms with Gasteiger partial charge >= 0.3 is 0 Å². The Morgan fingerprint density at radius 1 is 1.47 bits per heavy atom. The minimum absolute atomic E-state index is 0.117. The van der Waals surface area contributed by atoms with Crippen molar-refractivity contribution in [3.05, 3.63) is 5.82 Å². The van der Waals surface area contributed by atoms with Gasteiger partial charge < -0.3 is 9.64 Å². The van der Waals surface area contributed by atoms with Crippen LogP contribution in [0.4, 0.5) is 0 Å². The number of hydrogen-bond donors (Lipinski definition) is 1. The molecule has 7 nitrogen and oxygen atoms in total. The molecule has 2 aliphatic rings. The topological polar surface area (TPSA) is 84.0 Å². The molecule has 1 saturated carbocycles. The maximum atomic E-state index is 12.2. The first-order chi connectivity index (χ1) is 8.34. The lowest BCUT2D eigenvalue weighted by Crippen LogP contribution is -2.38. The number of hydrogen-bond acceptors (Lipinski definition) is 5. The van der Waals surface area contributed by atoms with E-state index in [0.29, 0.717) is 12.0 Å². The molecular formula is C10H15N5O2. The number of H-pyrrole nitrogens is 1. The van der Waals surface area contributed by atoms with Crippen molar-refractivity contribution in [2.75, 3.05) is 19.8 Å². The number of ether oxygens (including phenoxy) is 1. The molecule has 92 valence electrons. The Labute approximate surface area is 98.5 Å². The molecule has 17 heavy (non-hydrogen) atoms. The van der Waals surface area contributed by atoms with E-state index in [1.165, 1.54) is 0 Å². The normalized spacial score (nSPS) is 23.9. The van der Waals surface area contributed by atoms with E-state index in [9.17, 15) is 4.79 Å². The molecule has 1 atom stereocenters. The second-order valence-electron chi connectivity index (χ2n) is 4.65. The highest BCUT2D eigenvalue weighted by atomic mass is 16.5. The third kappa shape index (κ3) is 2.28. The Hall–Kier alpha value is -1.50. The molecule has 1 N–H and O–H groups in total. The van der Waals surface area contributed by atoms with Crippen LogP contribution in [0.15, 0.2) is 0 Å². The number of carbonyl (C=O) groups excluding carboxylic acids is 1. The van der Waals surface area contributed by atoms with Gasteiger partial charge in [0.2, 0.25) is 0 Å². The molecular weight excluding hydrogens is 222 g/mol. The van der Waals surface area contributed by atoms with E-state index < -0.39 is 0 Å². The van der Waals surface area contributed by atoms with Gasteiger partial charge in [-0.2, -0.15) is 5.21 Å². The highest BCUT2D eigenvalue weighted by molar-refractivity contribution is 5.90. The summed E-state index contributed by atoms with van der Waals surface area (Å²) in [4.78, 5) is 14.1. The third-order valence-corrected chi connectivity index (χ3v) is 3.26. The predicted molar refractivity (Wildman–Crippen MR) is 57.2 cm³/mol. The maximum absolute atomic E-state index is 12.2. The summed E-state index contributed by atoms with van der Waals surface area (Å²) in [6.07, 6.45) is 3.19. The number of carbonyl (C=O) groups is 1. The molecule has 1 amide bonds. The Bertz CT molecular complexity index is 383. The van der Waals surface area contributed by atoms with E-state index >= 15 is 0 Å². The number of rotatable bonds is 4. The largest absolute Gasteiger partial charge is 0.381 e. The number of aromatic nitrogens is 4. The van der Waals surface area contributed by atoms with Crippen molar-refractivity contribution in [2.45, 2.75) is 25.3 Å². The van der Waals surface area contributed by atoms with Gasteiger partial charge in [0.05, 0.1) is 6.61 Å². The zero-order valence-electron chi connectivity index (χ0n) is 9.50. The first-order valence-corrected chi connectivity index (χ1v) is 5.97. The summed E-state index contributed by atoms with van der Waals surface area (Å²) in [7, 11) is 0. The lowest BCUT2D eigenvalue weighted by atomic mass is 10.1. The van der Waals surface area contributed by atoms with Crippen LogP contribution in [-0.4, -0.2) is 57.2 Å². The van der Waals surface area contributed by atoms with Crippen molar-refractivity contribution in [3.63, 3.8) is 0 Å². The van der Waals surface area contributed by atoms with Crippen molar-refractivity contribution in [2.24, 2.45) is 5.92 Å². The Morgan fingerprint density at radius 2 is 2.35 bits per heavy atom. The molecule has 2 heterocycles. The third-order valence-electron chi connectivity index (χ3n) is 3.26. The lowest BCUT2D eigenvalue weighted by molar-refractivity contribution is 0.0694. The van der Waals surface area contributed by atoms with Gasteiger partial charge in [-0.3, -0.25) is 4.79 Å². The zero-order chi connectivity index (χ0) is 11.7. The lowest BCUT2D eigenvalue weighted by Gasteiger charge is -2.23. The minimum atomic E-state index is -0.117. The van der Waals surface area contributed by atoms with Gasteiger partial charge in [0.15, 0.2) is 0 Å². The fourth-order valence-corrected chi connectivity index (χ4v) is 2.17. The van der Waals surface area contributed by atoms with Gasteiger partial charge in [-0.05, 0) is 24.5 Å². The Kier molecular flexibility index (Phi) is 2.76. The molecule has 0 bridgehead atoms. The van der Waals surface area contributed by atoms with Crippen LogP contribution in [0.2, 0.25) is 0 Å². The smallest absolute Gasteiger partial charge is 0.295 e. The van der Waals surface area contributed by atoms with Crippen molar-refractivity contribution < 1.29 is 9.53 Å². The van der Waals surface area contributed by atoms with Crippen LogP contribution in [0, 0.1) is 5.92 Å². The molecule has 1 aromatic rings.